The summed E-state index contributed by atoms with van der Waals surface area (Å²) in [6.45, 7) is 8.98. The number of thiophene rings is 1. The van der Waals surface area contributed by atoms with Crippen LogP contribution in [0.25, 0.3) is 0 Å². The van der Waals surface area contributed by atoms with E-state index in [-0.39, 0.29) is 0 Å². The Morgan fingerprint density at radius 2 is 1.83 bits per heavy atom. The molecular formula is C12H18N2O3S. The molecule has 0 saturated carbocycles. The molecule has 3 N–H and O–H groups in total. The first kappa shape index (κ1) is 14.5. The van der Waals surface area contributed by atoms with Crippen LogP contribution in [0.1, 0.15) is 41.6 Å². The second-order valence-corrected chi connectivity index (χ2v) is 6.20. The van der Waals surface area contributed by atoms with Crippen LogP contribution in [0.2, 0.25) is 0 Å². The predicted octanol–water partition coefficient (Wildman–Crippen LogP) is 2.81. The molecule has 18 heavy (non-hydrogen) atoms. The molecule has 0 atom stereocenters. The Morgan fingerprint density at radius 3 is 2.28 bits per heavy atom. The van der Waals surface area contributed by atoms with E-state index in [1.807, 2.05) is 6.92 Å². The molecule has 0 aliphatic rings. The molecule has 0 radical (unpaired) electrons. The van der Waals surface area contributed by atoms with Gasteiger partial charge in [0.25, 0.3) is 5.91 Å². The Hall–Kier alpha value is -1.56. The molecule has 0 saturated heterocycles. The van der Waals surface area contributed by atoms with E-state index in [4.69, 9.17) is 10.5 Å². The van der Waals surface area contributed by atoms with Crippen molar-refractivity contribution in [3.8, 4) is 0 Å². The highest BCUT2D eigenvalue weighted by atomic mass is 32.1. The van der Waals surface area contributed by atoms with Gasteiger partial charge in [0.2, 0.25) is 0 Å². The monoisotopic (exact) mass is 270 g/mol. The number of hydrogen-bond donors (Lipinski definition) is 2. The third-order valence-electron chi connectivity index (χ3n) is 2.25. The largest absolute Gasteiger partial charge is 0.444 e. The fourth-order valence-electron chi connectivity index (χ4n) is 1.41. The highest BCUT2D eigenvalue weighted by Crippen LogP contribution is 2.32. The molecule has 6 heteroatoms. The van der Waals surface area contributed by atoms with Crippen LogP contribution in [0.4, 0.5) is 9.80 Å². The van der Waals surface area contributed by atoms with E-state index in [0.717, 1.165) is 10.4 Å². The van der Waals surface area contributed by atoms with Crippen LogP contribution in [0.5, 0.6) is 0 Å². The van der Waals surface area contributed by atoms with Crippen molar-refractivity contribution in [2.75, 3.05) is 5.32 Å². The van der Waals surface area contributed by atoms with E-state index >= 15 is 0 Å². The molecule has 5 nitrogen and oxygen atoms in total. The molecule has 0 aliphatic heterocycles. The lowest BCUT2D eigenvalue weighted by Gasteiger charge is -2.19. The van der Waals surface area contributed by atoms with Crippen LogP contribution in [0.15, 0.2) is 0 Å². The van der Waals surface area contributed by atoms with Crippen molar-refractivity contribution in [2.24, 2.45) is 5.73 Å². The number of hydrogen-bond acceptors (Lipinski definition) is 4. The van der Waals surface area contributed by atoms with Gasteiger partial charge in [-0.15, -0.1) is 11.3 Å². The zero-order valence-electron chi connectivity index (χ0n) is 11.2. The van der Waals surface area contributed by atoms with Crippen LogP contribution in [-0.2, 0) is 4.74 Å². The van der Waals surface area contributed by atoms with E-state index in [2.05, 4.69) is 5.32 Å². The molecule has 0 unspecified atom stereocenters. The van der Waals surface area contributed by atoms with Gasteiger partial charge in [0.1, 0.15) is 10.6 Å². The summed E-state index contributed by atoms with van der Waals surface area (Å²) in [5.74, 6) is -0.553. The zero-order chi connectivity index (χ0) is 14.1. The van der Waals surface area contributed by atoms with Gasteiger partial charge in [-0.05, 0) is 40.2 Å². The fraction of sp³-hybridized carbons (Fsp3) is 0.500. The Kier molecular flexibility index (Phi) is 4.01. The van der Waals surface area contributed by atoms with Gasteiger partial charge in [-0.3, -0.25) is 10.1 Å². The van der Waals surface area contributed by atoms with Gasteiger partial charge in [-0.1, -0.05) is 0 Å². The number of nitrogens with one attached hydrogen (secondary N) is 1. The third kappa shape index (κ3) is 3.46. The molecule has 0 fully saturated rings. The molecule has 100 valence electrons. The number of anilines is 1. The Balaban J connectivity index is 2.95. The highest BCUT2D eigenvalue weighted by molar-refractivity contribution is 7.16. The van der Waals surface area contributed by atoms with Gasteiger partial charge in [0.05, 0.1) is 5.56 Å². The standard InChI is InChI=1S/C12H18N2O3S/c1-6-7(2)18-10(8(6)9(13)15)14-11(16)17-12(3,4)5/h1-5H3,(H2,13,15)(H,14,16). The normalized spacial score (nSPS) is 11.2. The van der Waals surface area contributed by atoms with E-state index in [0.29, 0.717) is 10.6 Å². The van der Waals surface area contributed by atoms with Crippen molar-refractivity contribution < 1.29 is 14.3 Å². The number of aryl methyl sites for hydroxylation is 1. The van der Waals surface area contributed by atoms with Crippen LogP contribution in [0, 0.1) is 13.8 Å². The van der Waals surface area contributed by atoms with E-state index < -0.39 is 17.6 Å². The van der Waals surface area contributed by atoms with Crippen molar-refractivity contribution >= 4 is 28.3 Å². The lowest BCUT2D eigenvalue weighted by molar-refractivity contribution is 0.0636. The van der Waals surface area contributed by atoms with E-state index in [1.165, 1.54) is 11.3 Å². The minimum atomic E-state index is -0.591. The van der Waals surface area contributed by atoms with Crippen LogP contribution < -0.4 is 11.1 Å². The summed E-state index contributed by atoms with van der Waals surface area (Å²) in [5.41, 5.74) is 5.86. The molecule has 1 aromatic rings. The topological polar surface area (TPSA) is 81.4 Å². The summed E-state index contributed by atoms with van der Waals surface area (Å²) in [7, 11) is 0. The minimum Gasteiger partial charge on any atom is -0.444 e. The molecule has 0 aliphatic carbocycles. The predicted molar refractivity (Wildman–Crippen MR) is 72.2 cm³/mol. The summed E-state index contributed by atoms with van der Waals surface area (Å²) in [4.78, 5) is 23.9. The molecule has 0 aromatic carbocycles. The molecule has 0 spiro atoms. The average molecular weight is 270 g/mol. The Bertz CT molecular complexity index is 486. The van der Waals surface area contributed by atoms with Crippen molar-refractivity contribution in [3.05, 3.63) is 16.0 Å². The van der Waals surface area contributed by atoms with Gasteiger partial charge >= 0.3 is 6.09 Å². The summed E-state index contributed by atoms with van der Waals surface area (Å²) in [6.07, 6.45) is -0.591. The summed E-state index contributed by atoms with van der Waals surface area (Å²) >= 11 is 1.31. The molecule has 1 heterocycles. The maximum absolute atomic E-state index is 11.6. The lowest BCUT2D eigenvalue weighted by Crippen LogP contribution is -2.27. The van der Waals surface area contributed by atoms with Crippen LogP contribution in [-0.4, -0.2) is 17.6 Å². The zero-order valence-corrected chi connectivity index (χ0v) is 12.0. The maximum Gasteiger partial charge on any atom is 0.412 e. The summed E-state index contributed by atoms with van der Waals surface area (Å²) < 4.78 is 5.13. The van der Waals surface area contributed by atoms with Crippen molar-refractivity contribution in [1.82, 2.24) is 0 Å². The first-order valence-electron chi connectivity index (χ1n) is 5.51. The van der Waals surface area contributed by atoms with Gasteiger partial charge in [-0.25, -0.2) is 4.79 Å². The Morgan fingerprint density at radius 1 is 1.28 bits per heavy atom. The first-order valence-corrected chi connectivity index (χ1v) is 6.33. The average Bonchev–Trinajstić information content (AvgIpc) is 2.38. The highest BCUT2D eigenvalue weighted by Gasteiger charge is 2.21. The number of primary amides is 1. The Labute approximate surface area is 110 Å². The minimum absolute atomic E-state index is 0.350. The van der Waals surface area contributed by atoms with Crippen LogP contribution in [0.3, 0.4) is 0 Å². The molecule has 1 rings (SSSR count). The van der Waals surface area contributed by atoms with Gasteiger partial charge in [-0.2, -0.15) is 0 Å². The third-order valence-corrected chi connectivity index (χ3v) is 3.37. The number of ether oxygens (including phenoxy) is 1. The van der Waals surface area contributed by atoms with E-state index in [9.17, 15) is 9.59 Å². The lowest BCUT2D eigenvalue weighted by atomic mass is 10.1. The number of amides is 2. The second kappa shape index (κ2) is 4.97. The quantitative estimate of drug-likeness (QED) is 0.867. The number of carbonyl (C=O) groups excluding carboxylic acids is 2. The van der Waals surface area contributed by atoms with Crippen molar-refractivity contribution in [2.45, 2.75) is 40.2 Å². The van der Waals surface area contributed by atoms with E-state index in [1.54, 1.807) is 27.7 Å². The van der Waals surface area contributed by atoms with Gasteiger partial charge in [0.15, 0.2) is 0 Å². The van der Waals surface area contributed by atoms with Crippen molar-refractivity contribution in [3.63, 3.8) is 0 Å². The molecule has 0 bridgehead atoms. The van der Waals surface area contributed by atoms with Gasteiger partial charge in [0, 0.05) is 4.88 Å². The molecule has 1 aromatic heterocycles. The SMILES string of the molecule is Cc1sc(NC(=O)OC(C)(C)C)c(C(N)=O)c1C. The fourth-order valence-corrected chi connectivity index (χ4v) is 2.46. The number of nitrogens with two attached hydrogens (primary N) is 1. The van der Waals surface area contributed by atoms with Gasteiger partial charge < -0.3 is 10.5 Å². The summed E-state index contributed by atoms with van der Waals surface area (Å²) in [6, 6.07) is 0. The molecule has 2 amide bonds. The van der Waals surface area contributed by atoms with Crippen molar-refractivity contribution in [1.29, 1.82) is 0 Å². The first-order chi connectivity index (χ1) is 8.11. The number of carbonyl (C=O) groups is 2. The second-order valence-electron chi connectivity index (χ2n) is 4.98. The van der Waals surface area contributed by atoms with Crippen LogP contribution >= 0.6 is 11.3 Å². The summed E-state index contributed by atoms with van der Waals surface area (Å²) in [5, 5.41) is 3.00. The smallest absolute Gasteiger partial charge is 0.412 e. The molecular weight excluding hydrogens is 252 g/mol. The maximum atomic E-state index is 11.6. The number of rotatable bonds is 2.